The molecule has 1 aromatic heterocycles. The Morgan fingerprint density at radius 1 is 1.07 bits per heavy atom. The molecule has 0 bridgehead atoms. The van der Waals surface area contributed by atoms with E-state index < -0.39 is 24.0 Å². The third kappa shape index (κ3) is 7.99. The summed E-state index contributed by atoms with van der Waals surface area (Å²) in [5.74, 6) is -0.866. The van der Waals surface area contributed by atoms with Crippen LogP contribution >= 0.6 is 23.2 Å². The van der Waals surface area contributed by atoms with Crippen molar-refractivity contribution in [2.24, 2.45) is 11.0 Å². The van der Waals surface area contributed by atoms with Gasteiger partial charge in [0, 0.05) is 27.2 Å². The Morgan fingerprint density at radius 2 is 1.80 bits per heavy atom. The molecule has 40 heavy (non-hydrogen) atoms. The van der Waals surface area contributed by atoms with Crippen molar-refractivity contribution in [1.29, 1.82) is 0 Å². The maximum atomic E-state index is 13.1. The molecular formula is C29H34Cl2N4O5. The summed E-state index contributed by atoms with van der Waals surface area (Å²) in [7, 11) is 0. The van der Waals surface area contributed by atoms with Gasteiger partial charge in [-0.2, -0.15) is 5.10 Å². The summed E-state index contributed by atoms with van der Waals surface area (Å²) in [5, 5.41) is 8.53. The lowest BCUT2D eigenvalue weighted by atomic mass is 10.0. The number of carbonyl (C=O) groups is 3. The smallest absolute Gasteiger partial charge is 0.325 e. The summed E-state index contributed by atoms with van der Waals surface area (Å²) in [6, 6.07) is 11.5. The van der Waals surface area contributed by atoms with Crippen LogP contribution in [-0.2, 0) is 25.7 Å². The molecule has 0 aliphatic rings. The van der Waals surface area contributed by atoms with Crippen LogP contribution in [0, 0.1) is 12.8 Å². The second-order valence-corrected chi connectivity index (χ2v) is 10.5. The van der Waals surface area contributed by atoms with Crippen LogP contribution in [0.5, 0.6) is 5.75 Å². The molecule has 0 aliphatic heterocycles. The van der Waals surface area contributed by atoms with Crippen molar-refractivity contribution in [2.45, 2.75) is 59.7 Å². The number of rotatable bonds is 12. The number of esters is 1. The fourth-order valence-corrected chi connectivity index (χ4v) is 4.66. The van der Waals surface area contributed by atoms with E-state index in [9.17, 15) is 14.4 Å². The largest absolute Gasteiger partial charge is 0.479 e. The summed E-state index contributed by atoms with van der Waals surface area (Å²) >= 11 is 12.1. The van der Waals surface area contributed by atoms with Crippen molar-refractivity contribution in [3.05, 3.63) is 63.8 Å². The lowest BCUT2D eigenvalue weighted by molar-refractivity contribution is -0.143. The number of nitrogens with zero attached hydrogens (tertiary/aromatic N) is 2. The van der Waals surface area contributed by atoms with E-state index in [1.165, 1.54) is 6.07 Å². The molecule has 0 aliphatic carbocycles. The number of hydrogen-bond donors (Lipinski definition) is 2. The van der Waals surface area contributed by atoms with Gasteiger partial charge in [0.15, 0.2) is 6.10 Å². The zero-order valence-corrected chi connectivity index (χ0v) is 24.7. The van der Waals surface area contributed by atoms with Gasteiger partial charge in [0.25, 0.3) is 11.8 Å². The molecule has 0 saturated heterocycles. The molecule has 2 atom stereocenters. The molecule has 2 N–H and O–H groups in total. The zero-order chi connectivity index (χ0) is 29.4. The molecule has 3 aromatic rings. The van der Waals surface area contributed by atoms with Crippen molar-refractivity contribution in [1.82, 2.24) is 15.3 Å². The first-order valence-corrected chi connectivity index (χ1v) is 13.8. The SMILES string of the molecule is CCOC(=O)Cn1c(C)c(/C=N\NC(=O)[C@H](CC(C)C)NC(=O)[C@@H](C)Oc2ccc(Cl)cc2Cl)c2ccccc21. The van der Waals surface area contributed by atoms with E-state index in [0.29, 0.717) is 23.8 Å². The van der Waals surface area contributed by atoms with Gasteiger partial charge in [-0.05, 0) is 57.4 Å². The summed E-state index contributed by atoms with van der Waals surface area (Å²) in [5.41, 5.74) is 4.95. The second kappa shape index (κ2) is 14.2. The van der Waals surface area contributed by atoms with Gasteiger partial charge in [0.2, 0.25) is 0 Å². The average Bonchev–Trinajstić information content (AvgIpc) is 3.15. The quantitative estimate of drug-likeness (QED) is 0.170. The van der Waals surface area contributed by atoms with Crippen LogP contribution in [0.3, 0.4) is 0 Å². The van der Waals surface area contributed by atoms with Crippen molar-refractivity contribution >= 4 is 58.1 Å². The highest BCUT2D eigenvalue weighted by molar-refractivity contribution is 6.35. The molecule has 214 valence electrons. The summed E-state index contributed by atoms with van der Waals surface area (Å²) < 4.78 is 12.7. The monoisotopic (exact) mass is 588 g/mol. The number of para-hydroxylation sites is 1. The minimum Gasteiger partial charge on any atom is -0.479 e. The Balaban J connectivity index is 1.73. The van der Waals surface area contributed by atoms with E-state index in [4.69, 9.17) is 32.7 Å². The van der Waals surface area contributed by atoms with Gasteiger partial charge in [-0.1, -0.05) is 55.2 Å². The van der Waals surface area contributed by atoms with Crippen molar-refractivity contribution < 1.29 is 23.9 Å². The highest BCUT2D eigenvalue weighted by Crippen LogP contribution is 2.28. The van der Waals surface area contributed by atoms with Gasteiger partial charge in [0.1, 0.15) is 18.3 Å². The van der Waals surface area contributed by atoms with Gasteiger partial charge in [-0.3, -0.25) is 14.4 Å². The minimum absolute atomic E-state index is 0.0599. The molecule has 0 unspecified atom stereocenters. The van der Waals surface area contributed by atoms with E-state index >= 15 is 0 Å². The van der Waals surface area contributed by atoms with Crippen LogP contribution in [-0.4, -0.2) is 47.3 Å². The normalized spacial score (nSPS) is 12.9. The van der Waals surface area contributed by atoms with Gasteiger partial charge in [0.05, 0.1) is 17.8 Å². The molecule has 0 radical (unpaired) electrons. The lowest BCUT2D eigenvalue weighted by Gasteiger charge is -2.22. The Morgan fingerprint density at radius 3 is 2.48 bits per heavy atom. The predicted octanol–water partition coefficient (Wildman–Crippen LogP) is 5.27. The van der Waals surface area contributed by atoms with Crippen LogP contribution in [0.25, 0.3) is 10.9 Å². The standard InChI is InChI=1S/C29H34Cl2N4O5/c1-6-39-27(36)16-35-18(4)22(21-9-7-8-10-25(21)35)15-32-34-29(38)24(13-17(2)3)33-28(37)19(5)40-26-12-11-20(30)14-23(26)31/h7-12,14-15,17,19,24H,6,13,16H2,1-5H3,(H,33,37)(H,34,38)/b32-15-/t19-,24+/m1/s1. The highest BCUT2D eigenvalue weighted by Gasteiger charge is 2.26. The molecule has 3 rings (SSSR count). The molecule has 1 heterocycles. The third-order valence-corrected chi connectivity index (χ3v) is 6.68. The van der Waals surface area contributed by atoms with Crippen LogP contribution in [0.1, 0.15) is 45.4 Å². The van der Waals surface area contributed by atoms with Crippen LogP contribution in [0.15, 0.2) is 47.6 Å². The van der Waals surface area contributed by atoms with E-state index in [0.717, 1.165) is 22.2 Å². The predicted molar refractivity (Wildman–Crippen MR) is 157 cm³/mol. The molecule has 2 amide bonds. The molecule has 0 spiro atoms. The third-order valence-electron chi connectivity index (χ3n) is 6.15. The maximum absolute atomic E-state index is 13.1. The van der Waals surface area contributed by atoms with E-state index in [2.05, 4.69) is 15.8 Å². The van der Waals surface area contributed by atoms with Gasteiger partial charge in [-0.15, -0.1) is 0 Å². The molecular weight excluding hydrogens is 555 g/mol. The Bertz CT molecular complexity index is 1400. The number of hydrazone groups is 1. The molecule has 0 fully saturated rings. The van der Waals surface area contributed by atoms with Gasteiger partial charge in [-0.25, -0.2) is 5.43 Å². The summed E-state index contributed by atoms with van der Waals surface area (Å²) in [6.45, 7) is 9.46. The Hall–Kier alpha value is -3.56. The molecule has 9 nitrogen and oxygen atoms in total. The zero-order valence-electron chi connectivity index (χ0n) is 23.2. The topological polar surface area (TPSA) is 111 Å². The summed E-state index contributed by atoms with van der Waals surface area (Å²) in [4.78, 5) is 38.1. The number of amides is 2. The number of fused-ring (bicyclic) bond motifs is 1. The van der Waals surface area contributed by atoms with Crippen LogP contribution < -0.4 is 15.5 Å². The second-order valence-electron chi connectivity index (χ2n) is 9.67. The first kappa shape index (κ1) is 31.0. The maximum Gasteiger partial charge on any atom is 0.325 e. The average molecular weight is 590 g/mol. The number of ether oxygens (including phenoxy) is 2. The van der Waals surface area contributed by atoms with Crippen molar-refractivity contribution in [3.63, 3.8) is 0 Å². The summed E-state index contributed by atoms with van der Waals surface area (Å²) in [6.07, 6.45) is 1.01. The molecule has 11 heteroatoms. The molecule has 0 saturated carbocycles. The fourth-order valence-electron chi connectivity index (χ4n) is 4.21. The Kier molecular flexibility index (Phi) is 11.0. The lowest BCUT2D eigenvalue weighted by Crippen LogP contribution is -2.49. The van der Waals surface area contributed by atoms with Gasteiger partial charge < -0.3 is 19.4 Å². The fraction of sp³-hybridized carbons (Fsp3) is 0.379. The number of benzene rings is 2. The molecule has 2 aromatic carbocycles. The van der Waals surface area contributed by atoms with Crippen molar-refractivity contribution in [2.75, 3.05) is 6.61 Å². The van der Waals surface area contributed by atoms with Crippen molar-refractivity contribution in [3.8, 4) is 5.75 Å². The number of nitrogens with one attached hydrogen (secondary N) is 2. The number of halogens is 2. The number of aromatic nitrogens is 1. The van der Waals surface area contributed by atoms with E-state index in [-0.39, 0.29) is 23.5 Å². The van der Waals surface area contributed by atoms with E-state index in [1.807, 2.05) is 49.6 Å². The number of carbonyl (C=O) groups excluding carboxylic acids is 3. The Labute approximate surface area is 243 Å². The van der Waals surface area contributed by atoms with Crippen LogP contribution in [0.2, 0.25) is 10.0 Å². The first-order valence-electron chi connectivity index (χ1n) is 13.0. The minimum atomic E-state index is -0.919. The van der Waals surface area contributed by atoms with Gasteiger partial charge >= 0.3 is 5.97 Å². The highest BCUT2D eigenvalue weighted by atomic mass is 35.5. The number of hydrogen-bond acceptors (Lipinski definition) is 6. The first-order chi connectivity index (χ1) is 19.0. The van der Waals surface area contributed by atoms with E-state index in [1.54, 1.807) is 32.2 Å². The van der Waals surface area contributed by atoms with Crippen LogP contribution in [0.4, 0.5) is 0 Å².